The van der Waals surface area contributed by atoms with Gasteiger partial charge >= 0.3 is 0 Å². The van der Waals surface area contributed by atoms with Crippen molar-refractivity contribution < 1.29 is 9.18 Å². The summed E-state index contributed by atoms with van der Waals surface area (Å²) in [7, 11) is 0. The fraction of sp³-hybridized carbons (Fsp3) is 0.143. The smallest absolute Gasteiger partial charge is 0.225 e. The molecule has 2 rings (SSSR count). The average Bonchev–Trinajstić information content (AvgIpc) is 2.42. The second kappa shape index (κ2) is 6.89. The van der Waals surface area contributed by atoms with Gasteiger partial charge in [-0.25, -0.2) is 4.39 Å². The Balaban J connectivity index is 1.74. The first-order valence-electron chi connectivity index (χ1n) is 5.82. The fourth-order valence-electron chi connectivity index (χ4n) is 1.45. The molecule has 0 unspecified atom stereocenters. The number of anilines is 1. The first-order valence-corrected chi connectivity index (χ1v) is 6.81. The van der Waals surface area contributed by atoms with Crippen LogP contribution in [0.4, 0.5) is 10.1 Å². The van der Waals surface area contributed by atoms with Crippen molar-refractivity contribution in [2.45, 2.75) is 11.3 Å². The summed E-state index contributed by atoms with van der Waals surface area (Å²) in [5, 5.41) is 2.76. The minimum Gasteiger partial charge on any atom is -0.325 e. The van der Waals surface area contributed by atoms with E-state index in [9.17, 15) is 9.18 Å². The minimum absolute atomic E-state index is 0.0531. The van der Waals surface area contributed by atoms with Gasteiger partial charge in [-0.15, -0.1) is 11.8 Å². The molecule has 0 atom stereocenters. The number of amides is 1. The first-order chi connectivity index (χ1) is 9.24. The van der Waals surface area contributed by atoms with Crippen molar-refractivity contribution in [3.05, 3.63) is 54.6 Å². The monoisotopic (exact) mass is 276 g/mol. The van der Waals surface area contributed by atoms with Gasteiger partial charge < -0.3 is 5.32 Å². The number of hydrogen-bond donors (Lipinski definition) is 1. The highest BCUT2D eigenvalue weighted by Gasteiger charge is 2.03. The molecule has 1 N–H and O–H groups in total. The SMILES string of the molecule is O=C(CCSc1ccc(F)cc1)Nc1cccnc1. The Bertz CT molecular complexity index is 531. The van der Waals surface area contributed by atoms with E-state index in [-0.39, 0.29) is 11.7 Å². The molecule has 1 amide bonds. The maximum atomic E-state index is 12.7. The van der Waals surface area contributed by atoms with E-state index < -0.39 is 0 Å². The van der Waals surface area contributed by atoms with E-state index in [1.165, 1.54) is 23.9 Å². The van der Waals surface area contributed by atoms with Crippen LogP contribution in [0, 0.1) is 5.82 Å². The molecule has 19 heavy (non-hydrogen) atoms. The molecule has 0 saturated carbocycles. The van der Waals surface area contributed by atoms with Crippen LogP contribution in [0.5, 0.6) is 0 Å². The third kappa shape index (κ3) is 4.71. The van der Waals surface area contributed by atoms with Crippen molar-refractivity contribution in [2.24, 2.45) is 0 Å². The van der Waals surface area contributed by atoms with Crippen LogP contribution in [0.2, 0.25) is 0 Å². The van der Waals surface area contributed by atoms with Crippen LogP contribution in [0.1, 0.15) is 6.42 Å². The Hall–Kier alpha value is -1.88. The summed E-state index contributed by atoms with van der Waals surface area (Å²) >= 11 is 1.52. The fourth-order valence-corrected chi connectivity index (χ4v) is 2.30. The number of halogens is 1. The molecule has 0 bridgehead atoms. The quantitative estimate of drug-likeness (QED) is 0.852. The molecule has 2 aromatic rings. The molecule has 0 aliphatic rings. The highest BCUT2D eigenvalue weighted by atomic mass is 32.2. The Kier molecular flexibility index (Phi) is 4.92. The molecule has 1 aromatic heterocycles. The maximum Gasteiger partial charge on any atom is 0.225 e. The van der Waals surface area contributed by atoms with Gasteiger partial charge in [-0.05, 0) is 36.4 Å². The van der Waals surface area contributed by atoms with E-state index in [0.29, 0.717) is 17.9 Å². The Morgan fingerprint density at radius 2 is 2.05 bits per heavy atom. The third-order valence-corrected chi connectivity index (χ3v) is 3.37. The summed E-state index contributed by atoms with van der Waals surface area (Å²) in [6.45, 7) is 0. The topological polar surface area (TPSA) is 42.0 Å². The number of pyridine rings is 1. The lowest BCUT2D eigenvalue weighted by Crippen LogP contribution is -2.12. The van der Waals surface area contributed by atoms with Gasteiger partial charge in [-0.1, -0.05) is 0 Å². The molecular weight excluding hydrogens is 263 g/mol. The summed E-state index contributed by atoms with van der Waals surface area (Å²) in [6.07, 6.45) is 3.65. The number of benzene rings is 1. The highest BCUT2D eigenvalue weighted by molar-refractivity contribution is 7.99. The number of hydrogen-bond acceptors (Lipinski definition) is 3. The number of thioether (sulfide) groups is 1. The summed E-state index contributed by atoms with van der Waals surface area (Å²) < 4.78 is 12.7. The van der Waals surface area contributed by atoms with Gasteiger partial charge in [0, 0.05) is 23.3 Å². The second-order valence-electron chi connectivity index (χ2n) is 3.84. The maximum absolute atomic E-state index is 12.7. The molecule has 0 radical (unpaired) electrons. The molecule has 0 saturated heterocycles. The summed E-state index contributed by atoms with van der Waals surface area (Å²) in [5.41, 5.74) is 0.694. The predicted molar refractivity (Wildman–Crippen MR) is 74.6 cm³/mol. The summed E-state index contributed by atoms with van der Waals surface area (Å²) in [5.74, 6) is 0.346. The van der Waals surface area contributed by atoms with Crippen LogP contribution >= 0.6 is 11.8 Å². The van der Waals surface area contributed by atoms with E-state index in [0.717, 1.165) is 4.90 Å². The van der Waals surface area contributed by atoms with Gasteiger partial charge in [0.25, 0.3) is 0 Å². The number of carbonyl (C=O) groups is 1. The van der Waals surface area contributed by atoms with Crippen LogP contribution in [-0.2, 0) is 4.79 Å². The van der Waals surface area contributed by atoms with Crippen molar-refractivity contribution >= 4 is 23.4 Å². The first kappa shape index (κ1) is 13.5. The number of rotatable bonds is 5. The van der Waals surface area contributed by atoms with E-state index in [2.05, 4.69) is 10.3 Å². The van der Waals surface area contributed by atoms with E-state index in [1.807, 2.05) is 0 Å². The van der Waals surface area contributed by atoms with Gasteiger partial charge in [-0.2, -0.15) is 0 Å². The van der Waals surface area contributed by atoms with E-state index in [4.69, 9.17) is 0 Å². The van der Waals surface area contributed by atoms with Gasteiger partial charge in [0.15, 0.2) is 0 Å². The molecule has 1 heterocycles. The zero-order valence-corrected chi connectivity index (χ0v) is 11.0. The standard InChI is InChI=1S/C14H13FN2OS/c15-11-3-5-13(6-4-11)19-9-7-14(18)17-12-2-1-8-16-10-12/h1-6,8,10H,7,9H2,(H,17,18). The van der Waals surface area contributed by atoms with Gasteiger partial charge in [0.05, 0.1) is 11.9 Å². The largest absolute Gasteiger partial charge is 0.325 e. The highest BCUT2D eigenvalue weighted by Crippen LogP contribution is 2.19. The van der Waals surface area contributed by atoms with Crippen LogP contribution in [0.3, 0.4) is 0 Å². The molecule has 98 valence electrons. The minimum atomic E-state index is -0.251. The van der Waals surface area contributed by atoms with Crippen LogP contribution < -0.4 is 5.32 Å². The molecule has 0 fully saturated rings. The van der Waals surface area contributed by atoms with E-state index >= 15 is 0 Å². The average molecular weight is 276 g/mol. The predicted octanol–water partition coefficient (Wildman–Crippen LogP) is 3.34. The molecule has 1 aromatic carbocycles. The normalized spacial score (nSPS) is 10.2. The van der Waals surface area contributed by atoms with E-state index in [1.54, 1.807) is 36.7 Å². The zero-order chi connectivity index (χ0) is 13.5. The number of carbonyl (C=O) groups excluding carboxylic acids is 1. The second-order valence-corrected chi connectivity index (χ2v) is 5.01. The molecular formula is C14H13FN2OS. The molecule has 0 aliphatic heterocycles. The van der Waals surface area contributed by atoms with Crippen molar-refractivity contribution in [1.82, 2.24) is 4.98 Å². The molecule has 3 nitrogen and oxygen atoms in total. The van der Waals surface area contributed by atoms with Crippen molar-refractivity contribution in [2.75, 3.05) is 11.1 Å². The Labute approximate surface area is 115 Å². The molecule has 0 spiro atoms. The lowest BCUT2D eigenvalue weighted by molar-refractivity contribution is -0.115. The lowest BCUT2D eigenvalue weighted by Gasteiger charge is -2.04. The number of nitrogens with one attached hydrogen (secondary N) is 1. The Morgan fingerprint density at radius 1 is 1.26 bits per heavy atom. The summed E-state index contributed by atoms with van der Waals surface area (Å²) in [4.78, 5) is 16.5. The van der Waals surface area contributed by atoms with Gasteiger partial charge in [0.1, 0.15) is 5.82 Å². The summed E-state index contributed by atoms with van der Waals surface area (Å²) in [6, 6.07) is 9.80. The van der Waals surface area contributed by atoms with Crippen molar-refractivity contribution in [3.8, 4) is 0 Å². The third-order valence-electron chi connectivity index (χ3n) is 2.36. The van der Waals surface area contributed by atoms with Crippen molar-refractivity contribution in [1.29, 1.82) is 0 Å². The van der Waals surface area contributed by atoms with Crippen LogP contribution in [0.25, 0.3) is 0 Å². The Morgan fingerprint density at radius 3 is 2.74 bits per heavy atom. The van der Waals surface area contributed by atoms with Crippen LogP contribution in [0.15, 0.2) is 53.7 Å². The van der Waals surface area contributed by atoms with Gasteiger partial charge in [0.2, 0.25) is 5.91 Å². The zero-order valence-electron chi connectivity index (χ0n) is 10.2. The van der Waals surface area contributed by atoms with Gasteiger partial charge in [-0.3, -0.25) is 9.78 Å². The van der Waals surface area contributed by atoms with Crippen molar-refractivity contribution in [3.63, 3.8) is 0 Å². The molecule has 0 aliphatic carbocycles. The number of nitrogens with zero attached hydrogens (tertiary/aromatic N) is 1. The lowest BCUT2D eigenvalue weighted by atomic mass is 10.3. The van der Waals surface area contributed by atoms with Crippen LogP contribution in [-0.4, -0.2) is 16.6 Å². The number of aromatic nitrogens is 1. The molecule has 5 heteroatoms.